The van der Waals surface area contributed by atoms with Crippen molar-refractivity contribution >= 4 is 0 Å². The Kier molecular flexibility index (Phi) is 4.94. The van der Waals surface area contributed by atoms with E-state index < -0.39 is 0 Å². The van der Waals surface area contributed by atoms with E-state index in [0.29, 0.717) is 0 Å². The Labute approximate surface area is 141 Å². The summed E-state index contributed by atoms with van der Waals surface area (Å²) in [6.07, 6.45) is 21.2. The van der Waals surface area contributed by atoms with Crippen LogP contribution in [-0.2, 0) is 0 Å². The molecule has 0 aliphatic heterocycles. The minimum atomic E-state index is -0.164. The first kappa shape index (κ1) is 17.3. The fraction of sp³-hybridized carbons (Fsp3) is 0.304. The summed E-state index contributed by atoms with van der Waals surface area (Å²) < 4.78 is 0. The highest BCUT2D eigenvalue weighted by Crippen LogP contribution is 2.61. The first-order chi connectivity index (χ1) is 11.0. The van der Waals surface area contributed by atoms with Crippen LogP contribution < -0.4 is 0 Å². The number of allylic oxidation sites excluding steroid dienone is 13. The molecule has 0 heterocycles. The normalized spacial score (nSPS) is 26.7. The minimum Gasteiger partial charge on any atom is -0.0991 e. The molecule has 0 spiro atoms. The van der Waals surface area contributed by atoms with E-state index in [4.69, 9.17) is 0 Å². The largest absolute Gasteiger partial charge is 0.0991 e. The third kappa shape index (κ3) is 2.67. The topological polar surface area (TPSA) is 0 Å². The molecular formula is C23H28. The van der Waals surface area contributed by atoms with Crippen molar-refractivity contribution in [1.82, 2.24) is 0 Å². The molecule has 0 radical (unpaired) electrons. The van der Waals surface area contributed by atoms with Gasteiger partial charge in [-0.05, 0) is 47.5 Å². The SMILES string of the molecule is C=C/C=C(\C=C/C)C1(C2=CCC=C2)CC(C)(C)C(C=C)=C1C=C. The van der Waals surface area contributed by atoms with Gasteiger partial charge in [-0.1, -0.05) is 88.3 Å². The van der Waals surface area contributed by atoms with E-state index in [0.717, 1.165) is 12.8 Å². The van der Waals surface area contributed by atoms with Crippen molar-refractivity contribution in [3.8, 4) is 0 Å². The van der Waals surface area contributed by atoms with Crippen molar-refractivity contribution in [2.45, 2.75) is 33.6 Å². The van der Waals surface area contributed by atoms with Gasteiger partial charge in [0, 0.05) is 5.41 Å². The van der Waals surface area contributed by atoms with Gasteiger partial charge in [0.25, 0.3) is 0 Å². The molecule has 0 heteroatoms. The van der Waals surface area contributed by atoms with Gasteiger partial charge in [-0.3, -0.25) is 0 Å². The second-order valence-electron chi connectivity index (χ2n) is 6.86. The van der Waals surface area contributed by atoms with Crippen LogP contribution in [0, 0.1) is 10.8 Å². The second-order valence-corrected chi connectivity index (χ2v) is 6.86. The van der Waals surface area contributed by atoms with E-state index in [1.807, 2.05) is 18.2 Å². The molecule has 0 saturated carbocycles. The summed E-state index contributed by atoms with van der Waals surface area (Å²) in [6.45, 7) is 18.8. The third-order valence-corrected chi connectivity index (χ3v) is 4.99. The number of hydrogen-bond acceptors (Lipinski definition) is 0. The van der Waals surface area contributed by atoms with Crippen LogP contribution in [-0.4, -0.2) is 0 Å². The van der Waals surface area contributed by atoms with Crippen molar-refractivity contribution < 1.29 is 0 Å². The summed E-state index contributed by atoms with van der Waals surface area (Å²) in [5.41, 5.74) is 5.11. The molecular weight excluding hydrogens is 276 g/mol. The monoisotopic (exact) mass is 304 g/mol. The molecule has 0 saturated heterocycles. The van der Waals surface area contributed by atoms with Crippen molar-refractivity contribution in [2.24, 2.45) is 10.8 Å². The summed E-state index contributed by atoms with van der Waals surface area (Å²) in [4.78, 5) is 0. The van der Waals surface area contributed by atoms with Gasteiger partial charge < -0.3 is 0 Å². The van der Waals surface area contributed by atoms with Crippen LogP contribution in [0.1, 0.15) is 33.6 Å². The summed E-state index contributed by atoms with van der Waals surface area (Å²) in [5, 5.41) is 0. The van der Waals surface area contributed by atoms with Crippen LogP contribution in [0.5, 0.6) is 0 Å². The van der Waals surface area contributed by atoms with E-state index in [1.54, 1.807) is 0 Å². The zero-order chi connectivity index (χ0) is 17.1. The van der Waals surface area contributed by atoms with E-state index in [2.05, 4.69) is 77.0 Å². The lowest BCUT2D eigenvalue weighted by Crippen LogP contribution is -2.26. The molecule has 0 aromatic rings. The van der Waals surface area contributed by atoms with Crippen molar-refractivity contribution in [1.29, 1.82) is 0 Å². The van der Waals surface area contributed by atoms with Gasteiger partial charge in [-0.2, -0.15) is 0 Å². The molecule has 0 aromatic heterocycles. The van der Waals surface area contributed by atoms with Gasteiger partial charge in [0.05, 0.1) is 0 Å². The smallest absolute Gasteiger partial charge is 0.0459 e. The molecule has 2 aliphatic carbocycles. The molecule has 0 bridgehead atoms. The summed E-state index contributed by atoms with van der Waals surface area (Å²) in [5.74, 6) is 0. The maximum Gasteiger partial charge on any atom is 0.0459 e. The summed E-state index contributed by atoms with van der Waals surface area (Å²) in [6, 6.07) is 0. The number of rotatable bonds is 6. The van der Waals surface area contributed by atoms with Gasteiger partial charge in [0.15, 0.2) is 0 Å². The fourth-order valence-corrected chi connectivity index (χ4v) is 4.22. The zero-order valence-corrected chi connectivity index (χ0v) is 14.7. The lowest BCUT2D eigenvalue weighted by molar-refractivity contribution is 0.362. The molecule has 0 N–H and O–H groups in total. The lowest BCUT2D eigenvalue weighted by atomic mass is 9.66. The number of hydrogen-bond donors (Lipinski definition) is 0. The van der Waals surface area contributed by atoms with E-state index >= 15 is 0 Å². The Morgan fingerprint density at radius 3 is 2.30 bits per heavy atom. The van der Waals surface area contributed by atoms with E-state index in [-0.39, 0.29) is 10.8 Å². The first-order valence-corrected chi connectivity index (χ1v) is 8.31. The van der Waals surface area contributed by atoms with Crippen LogP contribution in [0.25, 0.3) is 0 Å². The Morgan fingerprint density at radius 1 is 1.13 bits per heavy atom. The van der Waals surface area contributed by atoms with Crippen LogP contribution in [0.3, 0.4) is 0 Å². The molecule has 2 aliphatic rings. The van der Waals surface area contributed by atoms with Gasteiger partial charge in [-0.25, -0.2) is 0 Å². The van der Waals surface area contributed by atoms with Crippen molar-refractivity contribution in [3.05, 3.63) is 96.7 Å². The molecule has 1 unspecified atom stereocenters. The lowest BCUT2D eigenvalue weighted by Gasteiger charge is -2.36. The zero-order valence-electron chi connectivity index (χ0n) is 14.7. The molecule has 1 atom stereocenters. The quantitative estimate of drug-likeness (QED) is 0.482. The predicted octanol–water partition coefficient (Wildman–Crippen LogP) is 6.65. The summed E-state index contributed by atoms with van der Waals surface area (Å²) >= 11 is 0. The highest BCUT2D eigenvalue weighted by atomic mass is 14.5. The van der Waals surface area contributed by atoms with Crippen LogP contribution in [0.2, 0.25) is 0 Å². The maximum absolute atomic E-state index is 4.14. The highest BCUT2D eigenvalue weighted by Gasteiger charge is 2.50. The average Bonchev–Trinajstić information content (AvgIpc) is 3.11. The molecule has 0 aromatic carbocycles. The maximum atomic E-state index is 4.14. The van der Waals surface area contributed by atoms with Crippen LogP contribution in [0.15, 0.2) is 96.7 Å². The Hall–Kier alpha value is -2.08. The van der Waals surface area contributed by atoms with Crippen molar-refractivity contribution in [3.63, 3.8) is 0 Å². The van der Waals surface area contributed by atoms with Crippen LogP contribution in [0.4, 0.5) is 0 Å². The van der Waals surface area contributed by atoms with Gasteiger partial charge in [0.1, 0.15) is 0 Å². The molecule has 0 nitrogen and oxygen atoms in total. The molecule has 0 fully saturated rings. The summed E-state index contributed by atoms with van der Waals surface area (Å²) in [7, 11) is 0. The standard InChI is InChI=1S/C23H28/c1-7-13-18(14-8-2)23(19-15-11-12-16-19)17-22(5,6)20(9-3)21(23)10-4/h7-11,13-16H,1,3-4,12,17H2,2,5-6H3/b14-8-,18-13+. The Morgan fingerprint density at radius 2 is 1.83 bits per heavy atom. The van der Waals surface area contributed by atoms with E-state index in [9.17, 15) is 0 Å². The molecule has 0 amide bonds. The predicted molar refractivity (Wildman–Crippen MR) is 103 cm³/mol. The van der Waals surface area contributed by atoms with Gasteiger partial charge in [0.2, 0.25) is 0 Å². The first-order valence-electron chi connectivity index (χ1n) is 8.31. The minimum absolute atomic E-state index is 0.0599. The second kappa shape index (κ2) is 6.58. The highest BCUT2D eigenvalue weighted by molar-refractivity contribution is 5.61. The fourth-order valence-electron chi connectivity index (χ4n) is 4.22. The van der Waals surface area contributed by atoms with E-state index in [1.165, 1.54) is 22.3 Å². The van der Waals surface area contributed by atoms with Gasteiger partial charge in [-0.15, -0.1) is 0 Å². The molecule has 23 heavy (non-hydrogen) atoms. The van der Waals surface area contributed by atoms with Crippen molar-refractivity contribution in [2.75, 3.05) is 0 Å². The Balaban J connectivity index is 2.85. The molecule has 120 valence electrons. The molecule has 2 rings (SSSR count). The third-order valence-electron chi connectivity index (χ3n) is 4.99. The average molecular weight is 304 g/mol. The van der Waals surface area contributed by atoms with Crippen LogP contribution >= 0.6 is 0 Å². The Bertz CT molecular complexity index is 671. The van der Waals surface area contributed by atoms with Gasteiger partial charge >= 0.3 is 0 Å².